The lowest BCUT2D eigenvalue weighted by Crippen LogP contribution is -2.01. The third-order valence-electron chi connectivity index (χ3n) is 4.51. The van der Waals surface area contributed by atoms with Crippen molar-refractivity contribution >= 4 is 34.7 Å². The van der Waals surface area contributed by atoms with Gasteiger partial charge in [0.1, 0.15) is 23.1 Å². The van der Waals surface area contributed by atoms with E-state index in [0.29, 0.717) is 17.4 Å². The molecule has 6 nitrogen and oxygen atoms in total. The van der Waals surface area contributed by atoms with Crippen molar-refractivity contribution in [2.75, 3.05) is 7.11 Å². The molecule has 0 radical (unpaired) electrons. The van der Waals surface area contributed by atoms with Gasteiger partial charge in [-0.15, -0.1) is 21.5 Å². The number of halogens is 1. The average molecular weight is 473 g/mol. The second kappa shape index (κ2) is 10.2. The maximum atomic E-state index is 5.90. The van der Waals surface area contributed by atoms with Crippen LogP contribution in [0.4, 0.5) is 0 Å². The van der Waals surface area contributed by atoms with Crippen molar-refractivity contribution in [2.45, 2.75) is 31.0 Å². The Morgan fingerprint density at radius 2 is 1.90 bits per heavy atom. The highest BCUT2D eigenvalue weighted by Gasteiger charge is 2.17. The van der Waals surface area contributed by atoms with Gasteiger partial charge < -0.3 is 14.0 Å². The van der Waals surface area contributed by atoms with Crippen LogP contribution in [0.1, 0.15) is 17.6 Å². The molecule has 31 heavy (non-hydrogen) atoms. The number of thioether (sulfide) groups is 1. The Bertz CT molecular complexity index is 1140. The monoisotopic (exact) mass is 472 g/mol. The van der Waals surface area contributed by atoms with Crippen LogP contribution in [0.2, 0.25) is 5.02 Å². The molecule has 2 aromatic heterocycles. The zero-order chi connectivity index (χ0) is 21.6. The van der Waals surface area contributed by atoms with Crippen LogP contribution in [0, 0.1) is 0 Å². The van der Waals surface area contributed by atoms with Gasteiger partial charge in [0.15, 0.2) is 11.0 Å². The van der Waals surface area contributed by atoms with Crippen LogP contribution in [0.3, 0.4) is 0 Å². The van der Waals surface area contributed by atoms with Crippen LogP contribution < -0.4 is 9.47 Å². The van der Waals surface area contributed by atoms with Crippen molar-refractivity contribution in [3.8, 4) is 22.9 Å². The maximum Gasteiger partial charge on any atom is 0.191 e. The van der Waals surface area contributed by atoms with Gasteiger partial charge in [-0.3, -0.25) is 0 Å². The Kier molecular flexibility index (Phi) is 7.11. The average Bonchev–Trinajstić information content (AvgIpc) is 3.43. The zero-order valence-corrected chi connectivity index (χ0v) is 19.5. The minimum atomic E-state index is 0.431. The van der Waals surface area contributed by atoms with Crippen LogP contribution in [0.25, 0.3) is 11.4 Å². The number of rotatable bonds is 9. The number of nitrogens with zero attached hydrogens (tertiary/aromatic N) is 4. The van der Waals surface area contributed by atoms with E-state index in [2.05, 4.69) is 32.1 Å². The van der Waals surface area contributed by atoms with Crippen molar-refractivity contribution in [3.05, 3.63) is 69.6 Å². The largest absolute Gasteiger partial charge is 0.496 e. The molecule has 0 saturated heterocycles. The molecule has 160 valence electrons. The van der Waals surface area contributed by atoms with Gasteiger partial charge in [0.2, 0.25) is 0 Å². The molecule has 0 N–H and O–H groups in total. The molecule has 0 amide bonds. The summed E-state index contributed by atoms with van der Waals surface area (Å²) in [5.74, 6) is 3.07. The van der Waals surface area contributed by atoms with E-state index < -0.39 is 0 Å². The summed E-state index contributed by atoms with van der Waals surface area (Å²) in [6.45, 7) is 3.28. The number of hydrogen-bond donors (Lipinski definition) is 0. The zero-order valence-electron chi connectivity index (χ0n) is 17.1. The van der Waals surface area contributed by atoms with Gasteiger partial charge in [-0.2, -0.15) is 0 Å². The fourth-order valence-corrected chi connectivity index (χ4v) is 4.84. The van der Waals surface area contributed by atoms with E-state index in [1.54, 1.807) is 30.2 Å². The summed E-state index contributed by atoms with van der Waals surface area (Å²) in [7, 11) is 1.66. The standard InChI is InChI=1S/C22H21ClN4O2S2/c1-3-27-21(18-6-4-5-7-19(18)28-2)25-26-22(27)31-14-16-13-30-20(24-16)12-29-17-10-8-15(23)9-11-17/h4-11,13H,3,12,14H2,1-2H3. The first-order valence-electron chi connectivity index (χ1n) is 9.69. The number of ether oxygens (including phenoxy) is 2. The molecule has 0 saturated carbocycles. The lowest BCUT2D eigenvalue weighted by atomic mass is 10.2. The third-order valence-corrected chi connectivity index (χ3v) is 6.63. The number of benzene rings is 2. The fourth-order valence-electron chi connectivity index (χ4n) is 3.01. The number of thiazole rings is 1. The molecule has 0 aliphatic heterocycles. The molecule has 2 aromatic carbocycles. The Morgan fingerprint density at radius 1 is 1.10 bits per heavy atom. The molecule has 0 bridgehead atoms. The summed E-state index contributed by atoms with van der Waals surface area (Å²) in [6, 6.07) is 15.2. The summed E-state index contributed by atoms with van der Waals surface area (Å²) < 4.78 is 13.4. The van der Waals surface area contributed by atoms with E-state index in [4.69, 9.17) is 21.1 Å². The van der Waals surface area contributed by atoms with Crippen molar-refractivity contribution in [2.24, 2.45) is 0 Å². The third kappa shape index (κ3) is 5.20. The first kappa shape index (κ1) is 21.7. The number of methoxy groups -OCH3 is 1. The first-order valence-corrected chi connectivity index (χ1v) is 11.9. The van der Waals surface area contributed by atoms with Crippen LogP contribution >= 0.6 is 34.7 Å². The second-order valence-electron chi connectivity index (χ2n) is 6.51. The second-order valence-corrected chi connectivity index (χ2v) is 8.84. The summed E-state index contributed by atoms with van der Waals surface area (Å²) >= 11 is 9.11. The van der Waals surface area contributed by atoms with Gasteiger partial charge in [0.05, 0.1) is 18.4 Å². The Morgan fingerprint density at radius 3 is 2.68 bits per heavy atom. The molecule has 4 aromatic rings. The molecular formula is C22H21ClN4O2S2. The van der Waals surface area contributed by atoms with Crippen LogP contribution in [0.5, 0.6) is 11.5 Å². The Balaban J connectivity index is 1.41. The van der Waals surface area contributed by atoms with E-state index in [1.807, 2.05) is 48.5 Å². The van der Waals surface area contributed by atoms with Crippen LogP contribution in [0.15, 0.2) is 59.1 Å². The van der Waals surface area contributed by atoms with E-state index in [0.717, 1.165) is 45.3 Å². The quantitative estimate of drug-likeness (QED) is 0.280. The lowest BCUT2D eigenvalue weighted by Gasteiger charge is -2.10. The smallest absolute Gasteiger partial charge is 0.191 e. The van der Waals surface area contributed by atoms with E-state index in [9.17, 15) is 0 Å². The van der Waals surface area contributed by atoms with Gasteiger partial charge in [-0.25, -0.2) is 4.98 Å². The van der Waals surface area contributed by atoms with Gasteiger partial charge in [0.25, 0.3) is 0 Å². The number of para-hydroxylation sites is 1. The molecular weight excluding hydrogens is 452 g/mol. The molecule has 0 aliphatic rings. The SMILES string of the molecule is CCn1c(SCc2csc(COc3ccc(Cl)cc3)n2)nnc1-c1ccccc1OC. The molecule has 0 spiro atoms. The predicted octanol–water partition coefficient (Wildman–Crippen LogP) is 5.95. The summed E-state index contributed by atoms with van der Waals surface area (Å²) in [5, 5.41) is 13.4. The fraction of sp³-hybridized carbons (Fsp3) is 0.227. The van der Waals surface area contributed by atoms with E-state index in [-0.39, 0.29) is 0 Å². The summed E-state index contributed by atoms with van der Waals surface area (Å²) in [4.78, 5) is 4.67. The van der Waals surface area contributed by atoms with Crippen molar-refractivity contribution in [1.82, 2.24) is 19.7 Å². The van der Waals surface area contributed by atoms with Crippen LogP contribution in [-0.4, -0.2) is 26.9 Å². The molecule has 0 fully saturated rings. The van der Waals surface area contributed by atoms with E-state index in [1.165, 1.54) is 0 Å². The Hall–Kier alpha value is -2.55. The first-order chi connectivity index (χ1) is 15.2. The molecule has 0 aliphatic carbocycles. The maximum absolute atomic E-state index is 5.90. The molecule has 9 heteroatoms. The lowest BCUT2D eigenvalue weighted by molar-refractivity contribution is 0.305. The van der Waals surface area contributed by atoms with Crippen LogP contribution in [-0.2, 0) is 18.9 Å². The number of aromatic nitrogens is 4. The summed E-state index contributed by atoms with van der Waals surface area (Å²) in [5.41, 5.74) is 1.93. The normalized spacial score (nSPS) is 10.9. The number of hydrogen-bond acceptors (Lipinski definition) is 7. The molecule has 2 heterocycles. The highest BCUT2D eigenvalue weighted by Crippen LogP contribution is 2.32. The van der Waals surface area contributed by atoms with Crippen molar-refractivity contribution in [3.63, 3.8) is 0 Å². The van der Waals surface area contributed by atoms with Gasteiger partial charge in [-0.1, -0.05) is 35.5 Å². The topological polar surface area (TPSA) is 62.1 Å². The molecule has 4 rings (SSSR count). The minimum absolute atomic E-state index is 0.431. The summed E-state index contributed by atoms with van der Waals surface area (Å²) in [6.07, 6.45) is 0. The molecule has 0 unspecified atom stereocenters. The highest BCUT2D eigenvalue weighted by molar-refractivity contribution is 7.98. The van der Waals surface area contributed by atoms with Crippen molar-refractivity contribution in [1.29, 1.82) is 0 Å². The Labute approximate surface area is 194 Å². The van der Waals surface area contributed by atoms with Crippen molar-refractivity contribution < 1.29 is 9.47 Å². The van der Waals surface area contributed by atoms with Gasteiger partial charge in [-0.05, 0) is 43.3 Å². The van der Waals surface area contributed by atoms with Gasteiger partial charge >= 0.3 is 0 Å². The minimum Gasteiger partial charge on any atom is -0.496 e. The van der Waals surface area contributed by atoms with E-state index >= 15 is 0 Å². The highest BCUT2D eigenvalue weighted by atomic mass is 35.5. The molecule has 0 atom stereocenters. The van der Waals surface area contributed by atoms with Gasteiger partial charge in [0, 0.05) is 22.7 Å². The predicted molar refractivity (Wildman–Crippen MR) is 125 cm³/mol.